The van der Waals surface area contributed by atoms with Crippen LogP contribution in [-0.2, 0) is 0 Å². The minimum absolute atomic E-state index is 0.386. The first kappa shape index (κ1) is 13.9. The number of rotatable bonds is 4. The number of aliphatic hydroxyl groups excluding tert-OH is 1. The number of hydrogen-bond donors (Lipinski definition) is 1. The molecule has 3 rings (SSSR count). The van der Waals surface area contributed by atoms with Crippen LogP contribution in [0.2, 0.25) is 0 Å². The van der Waals surface area contributed by atoms with Crippen molar-refractivity contribution in [3.8, 4) is 0 Å². The van der Waals surface area contributed by atoms with Gasteiger partial charge in [0.05, 0.1) is 6.61 Å². The van der Waals surface area contributed by atoms with Crippen molar-refractivity contribution in [1.82, 2.24) is 4.90 Å². The Bertz CT molecular complexity index is 306. The summed E-state index contributed by atoms with van der Waals surface area (Å²) < 4.78 is 0. The average Bonchev–Trinajstić information content (AvgIpc) is 2.83. The Kier molecular flexibility index (Phi) is 4.19. The summed E-state index contributed by atoms with van der Waals surface area (Å²) in [5.41, 5.74) is 0.502. The normalized spacial score (nSPS) is 42.9. The Hall–Kier alpha value is -0.0800. The van der Waals surface area contributed by atoms with Crippen LogP contribution in [0.1, 0.15) is 77.6 Å². The van der Waals surface area contributed by atoms with Crippen LogP contribution in [0.3, 0.4) is 0 Å². The number of piperidine rings is 1. The summed E-state index contributed by atoms with van der Waals surface area (Å²) in [7, 11) is 0. The predicted octanol–water partition coefficient (Wildman–Crippen LogP) is 3.72. The van der Waals surface area contributed by atoms with Gasteiger partial charge in [0.25, 0.3) is 0 Å². The van der Waals surface area contributed by atoms with Crippen LogP contribution in [0, 0.1) is 5.92 Å². The van der Waals surface area contributed by atoms with Gasteiger partial charge < -0.3 is 5.11 Å². The summed E-state index contributed by atoms with van der Waals surface area (Å²) in [5, 5.41) is 9.79. The van der Waals surface area contributed by atoms with E-state index < -0.39 is 0 Å². The van der Waals surface area contributed by atoms with E-state index in [4.69, 9.17) is 0 Å². The molecule has 0 bridgehead atoms. The van der Waals surface area contributed by atoms with Crippen LogP contribution < -0.4 is 0 Å². The van der Waals surface area contributed by atoms with Crippen LogP contribution in [0.4, 0.5) is 0 Å². The highest BCUT2D eigenvalue weighted by Crippen LogP contribution is 2.54. The Balaban J connectivity index is 1.83. The van der Waals surface area contributed by atoms with Gasteiger partial charge in [-0.1, -0.05) is 32.6 Å². The van der Waals surface area contributed by atoms with Gasteiger partial charge in [-0.05, 0) is 50.9 Å². The predicted molar refractivity (Wildman–Crippen MR) is 79.2 cm³/mol. The molecule has 2 heteroatoms. The van der Waals surface area contributed by atoms with Crippen molar-refractivity contribution in [1.29, 1.82) is 0 Å². The second-order valence-electron chi connectivity index (χ2n) is 7.20. The summed E-state index contributed by atoms with van der Waals surface area (Å²) in [6, 6.07) is 1.25. The number of unbranched alkanes of at least 4 members (excludes halogenated alkanes) is 1. The highest BCUT2D eigenvalue weighted by Gasteiger charge is 2.55. The molecule has 2 nitrogen and oxygen atoms in total. The molecule has 2 aliphatic heterocycles. The van der Waals surface area contributed by atoms with E-state index >= 15 is 0 Å². The largest absolute Gasteiger partial charge is 0.395 e. The van der Waals surface area contributed by atoms with Gasteiger partial charge in [0.1, 0.15) is 0 Å². The first-order valence-corrected chi connectivity index (χ1v) is 8.71. The highest BCUT2D eigenvalue weighted by atomic mass is 16.3. The van der Waals surface area contributed by atoms with E-state index in [2.05, 4.69) is 11.8 Å². The molecule has 3 aliphatic rings. The van der Waals surface area contributed by atoms with Crippen LogP contribution in [0.5, 0.6) is 0 Å². The Morgan fingerprint density at radius 1 is 1.05 bits per heavy atom. The molecule has 2 heterocycles. The summed E-state index contributed by atoms with van der Waals surface area (Å²) >= 11 is 0. The van der Waals surface area contributed by atoms with Gasteiger partial charge >= 0.3 is 0 Å². The fourth-order valence-electron chi connectivity index (χ4n) is 5.52. The molecular weight excluding hydrogens is 234 g/mol. The lowest BCUT2D eigenvalue weighted by molar-refractivity contribution is -0.0702. The molecule has 1 aliphatic carbocycles. The zero-order chi connectivity index (χ0) is 13.3. The summed E-state index contributed by atoms with van der Waals surface area (Å²) in [6.07, 6.45) is 15.2. The summed E-state index contributed by atoms with van der Waals surface area (Å²) in [6.45, 7) is 2.69. The molecular formula is C17H31NO. The van der Waals surface area contributed by atoms with E-state index in [-0.39, 0.29) is 0 Å². The molecule has 0 aromatic heterocycles. The minimum atomic E-state index is 0.386. The quantitative estimate of drug-likeness (QED) is 0.837. The molecule has 0 radical (unpaired) electrons. The van der Waals surface area contributed by atoms with E-state index in [9.17, 15) is 5.11 Å². The molecule has 0 unspecified atom stereocenters. The molecule has 3 fully saturated rings. The van der Waals surface area contributed by atoms with Gasteiger partial charge in [0.15, 0.2) is 0 Å². The van der Waals surface area contributed by atoms with Crippen LogP contribution in [0.15, 0.2) is 0 Å². The van der Waals surface area contributed by atoms with E-state index in [0.29, 0.717) is 18.2 Å². The first-order valence-electron chi connectivity index (χ1n) is 8.71. The average molecular weight is 265 g/mol. The number of hydrogen-bond acceptors (Lipinski definition) is 2. The zero-order valence-corrected chi connectivity index (χ0v) is 12.6. The first-order chi connectivity index (χ1) is 9.31. The number of aliphatic hydroxyl groups is 1. The van der Waals surface area contributed by atoms with Gasteiger partial charge in [0, 0.05) is 17.6 Å². The van der Waals surface area contributed by atoms with Crippen LogP contribution in [0.25, 0.3) is 0 Å². The van der Waals surface area contributed by atoms with Crippen molar-refractivity contribution < 1.29 is 5.11 Å². The van der Waals surface area contributed by atoms with E-state index in [1.807, 2.05) is 0 Å². The molecule has 4 atom stereocenters. The van der Waals surface area contributed by atoms with Gasteiger partial charge in [-0.2, -0.15) is 0 Å². The molecule has 0 aromatic rings. The second-order valence-corrected chi connectivity index (χ2v) is 7.20. The molecule has 19 heavy (non-hydrogen) atoms. The van der Waals surface area contributed by atoms with Crippen molar-refractivity contribution in [2.24, 2.45) is 5.92 Å². The second kappa shape index (κ2) is 5.73. The van der Waals surface area contributed by atoms with E-state index in [1.54, 1.807) is 0 Å². The summed E-state index contributed by atoms with van der Waals surface area (Å²) in [4.78, 5) is 2.84. The third kappa shape index (κ3) is 2.25. The SMILES string of the molecule is CCCC[C@@H]1CC[C@@H]2CCCC[C@]23CC[C@@H](CO)N13. The molecule has 110 valence electrons. The Morgan fingerprint density at radius 3 is 2.74 bits per heavy atom. The lowest BCUT2D eigenvalue weighted by Gasteiger charge is -2.56. The van der Waals surface area contributed by atoms with E-state index in [0.717, 1.165) is 12.0 Å². The third-order valence-electron chi connectivity index (χ3n) is 6.33. The molecule has 1 saturated carbocycles. The van der Waals surface area contributed by atoms with E-state index in [1.165, 1.54) is 70.6 Å². The van der Waals surface area contributed by atoms with Crippen molar-refractivity contribution in [2.45, 2.75) is 95.2 Å². The lowest BCUT2D eigenvalue weighted by Crippen LogP contribution is -2.61. The highest BCUT2D eigenvalue weighted by molar-refractivity contribution is 5.10. The van der Waals surface area contributed by atoms with Gasteiger partial charge in [-0.3, -0.25) is 4.90 Å². The minimum Gasteiger partial charge on any atom is -0.395 e. The van der Waals surface area contributed by atoms with Gasteiger partial charge in [-0.15, -0.1) is 0 Å². The van der Waals surface area contributed by atoms with Crippen molar-refractivity contribution in [2.75, 3.05) is 6.61 Å². The Morgan fingerprint density at radius 2 is 1.95 bits per heavy atom. The topological polar surface area (TPSA) is 23.5 Å². The standard InChI is InChI=1S/C17H31NO/c1-2-3-7-15-9-8-14-6-4-5-11-17(14)12-10-16(13-19)18(15)17/h14-16,19H,2-13H2,1H3/t14-,15+,16-,17-/m0/s1. The van der Waals surface area contributed by atoms with Gasteiger partial charge in [0.2, 0.25) is 0 Å². The molecule has 0 aromatic carbocycles. The molecule has 0 amide bonds. The van der Waals surface area contributed by atoms with Crippen LogP contribution >= 0.6 is 0 Å². The monoisotopic (exact) mass is 265 g/mol. The van der Waals surface area contributed by atoms with Crippen molar-refractivity contribution in [3.05, 3.63) is 0 Å². The number of nitrogens with zero attached hydrogens (tertiary/aromatic N) is 1. The Labute approximate surface area is 118 Å². The fourth-order valence-corrected chi connectivity index (χ4v) is 5.52. The maximum Gasteiger partial charge on any atom is 0.0587 e. The van der Waals surface area contributed by atoms with Crippen LogP contribution in [-0.4, -0.2) is 34.2 Å². The molecule has 1 N–H and O–H groups in total. The zero-order valence-electron chi connectivity index (χ0n) is 12.6. The fraction of sp³-hybridized carbons (Fsp3) is 1.00. The summed E-state index contributed by atoms with van der Waals surface area (Å²) in [5.74, 6) is 0.940. The maximum atomic E-state index is 9.79. The smallest absolute Gasteiger partial charge is 0.0587 e. The molecule has 1 spiro atoms. The maximum absolute atomic E-state index is 9.79. The molecule has 2 saturated heterocycles. The third-order valence-corrected chi connectivity index (χ3v) is 6.33. The lowest BCUT2D eigenvalue weighted by atomic mass is 9.66. The van der Waals surface area contributed by atoms with Crippen molar-refractivity contribution >= 4 is 0 Å². The van der Waals surface area contributed by atoms with Crippen molar-refractivity contribution in [3.63, 3.8) is 0 Å². The van der Waals surface area contributed by atoms with Gasteiger partial charge in [-0.25, -0.2) is 0 Å².